The maximum absolute atomic E-state index is 13.5. The van der Waals surface area contributed by atoms with E-state index < -0.39 is 0 Å². The third-order valence-electron chi connectivity index (χ3n) is 2.54. The van der Waals surface area contributed by atoms with Gasteiger partial charge in [0.2, 0.25) is 0 Å². The summed E-state index contributed by atoms with van der Waals surface area (Å²) >= 11 is 3.21. The third kappa shape index (κ3) is 3.07. The largest absolute Gasteiger partial charge is 0.486 e. The molecule has 0 aliphatic rings. The molecule has 0 aromatic heterocycles. The van der Waals surface area contributed by atoms with Crippen LogP contribution in [-0.2, 0) is 6.61 Å². The fourth-order valence-electron chi connectivity index (χ4n) is 1.52. The van der Waals surface area contributed by atoms with Crippen molar-refractivity contribution in [2.45, 2.75) is 13.5 Å². The molecular formula is C14H12BrFO. The number of benzene rings is 2. The van der Waals surface area contributed by atoms with Crippen molar-refractivity contribution in [1.29, 1.82) is 0 Å². The summed E-state index contributed by atoms with van der Waals surface area (Å²) in [6, 6.07) is 12.7. The van der Waals surface area contributed by atoms with Crippen LogP contribution in [0.5, 0.6) is 5.75 Å². The smallest absolute Gasteiger partial charge is 0.166 e. The van der Waals surface area contributed by atoms with Crippen LogP contribution in [0.4, 0.5) is 4.39 Å². The maximum atomic E-state index is 13.5. The molecule has 0 saturated heterocycles. The van der Waals surface area contributed by atoms with Crippen molar-refractivity contribution in [1.82, 2.24) is 0 Å². The Labute approximate surface area is 108 Å². The highest BCUT2D eigenvalue weighted by molar-refractivity contribution is 9.10. The Balaban J connectivity index is 2.10. The number of aryl methyl sites for hydroxylation is 1. The molecule has 0 bridgehead atoms. The van der Waals surface area contributed by atoms with Crippen LogP contribution >= 0.6 is 15.9 Å². The molecule has 0 unspecified atom stereocenters. The van der Waals surface area contributed by atoms with Gasteiger partial charge in [0, 0.05) is 4.47 Å². The second-order valence-electron chi connectivity index (χ2n) is 3.79. The minimum absolute atomic E-state index is 0.274. The van der Waals surface area contributed by atoms with Gasteiger partial charge < -0.3 is 4.74 Å². The van der Waals surface area contributed by atoms with Crippen molar-refractivity contribution in [3.05, 3.63) is 63.9 Å². The summed E-state index contributed by atoms with van der Waals surface area (Å²) in [6.45, 7) is 2.39. The Bertz CT molecular complexity index is 525. The van der Waals surface area contributed by atoms with Gasteiger partial charge in [0.15, 0.2) is 11.6 Å². The molecule has 2 aromatic rings. The van der Waals surface area contributed by atoms with Gasteiger partial charge in [-0.1, -0.05) is 40.2 Å². The Morgan fingerprint density at radius 3 is 2.65 bits per heavy atom. The SMILES string of the molecule is Cc1ccccc1COc1ccc(Br)cc1F. The molecule has 2 aromatic carbocycles. The predicted octanol–water partition coefficient (Wildman–Crippen LogP) is 4.48. The summed E-state index contributed by atoms with van der Waals surface area (Å²) in [5.41, 5.74) is 2.21. The van der Waals surface area contributed by atoms with Crippen LogP contribution in [0.15, 0.2) is 46.9 Å². The molecule has 17 heavy (non-hydrogen) atoms. The van der Waals surface area contributed by atoms with E-state index in [0.29, 0.717) is 11.1 Å². The molecule has 3 heteroatoms. The fraction of sp³-hybridized carbons (Fsp3) is 0.143. The van der Waals surface area contributed by atoms with Crippen LogP contribution in [-0.4, -0.2) is 0 Å². The lowest BCUT2D eigenvalue weighted by Gasteiger charge is -2.09. The van der Waals surface area contributed by atoms with Crippen LogP contribution < -0.4 is 4.74 Å². The first-order valence-electron chi connectivity index (χ1n) is 5.29. The Kier molecular flexibility index (Phi) is 3.79. The van der Waals surface area contributed by atoms with Crippen LogP contribution in [0.3, 0.4) is 0 Å². The highest BCUT2D eigenvalue weighted by atomic mass is 79.9. The van der Waals surface area contributed by atoms with E-state index in [4.69, 9.17) is 4.74 Å². The van der Waals surface area contributed by atoms with Crippen molar-refractivity contribution < 1.29 is 9.13 Å². The average molecular weight is 295 g/mol. The van der Waals surface area contributed by atoms with Gasteiger partial charge in [0.05, 0.1) is 0 Å². The summed E-state index contributed by atoms with van der Waals surface area (Å²) in [5, 5.41) is 0. The van der Waals surface area contributed by atoms with Gasteiger partial charge >= 0.3 is 0 Å². The van der Waals surface area contributed by atoms with Crippen molar-refractivity contribution in [3.8, 4) is 5.75 Å². The second-order valence-corrected chi connectivity index (χ2v) is 4.71. The zero-order valence-corrected chi connectivity index (χ0v) is 11.0. The highest BCUT2D eigenvalue weighted by Crippen LogP contribution is 2.22. The van der Waals surface area contributed by atoms with Crippen molar-refractivity contribution in [2.75, 3.05) is 0 Å². The molecule has 0 amide bonds. The summed E-state index contributed by atoms with van der Waals surface area (Å²) in [6.07, 6.45) is 0. The molecule has 0 heterocycles. The van der Waals surface area contributed by atoms with Crippen molar-refractivity contribution in [3.63, 3.8) is 0 Å². The zero-order valence-electron chi connectivity index (χ0n) is 9.41. The number of ether oxygens (including phenoxy) is 1. The van der Waals surface area contributed by atoms with Gasteiger partial charge in [-0.3, -0.25) is 0 Å². The van der Waals surface area contributed by atoms with E-state index in [0.717, 1.165) is 11.1 Å². The average Bonchev–Trinajstić information content (AvgIpc) is 2.30. The normalized spacial score (nSPS) is 10.3. The minimum Gasteiger partial charge on any atom is -0.486 e. The van der Waals surface area contributed by atoms with Crippen LogP contribution in [0.1, 0.15) is 11.1 Å². The van der Waals surface area contributed by atoms with E-state index >= 15 is 0 Å². The number of hydrogen-bond donors (Lipinski definition) is 0. The summed E-state index contributed by atoms with van der Waals surface area (Å²) in [5.74, 6) is -0.0792. The zero-order chi connectivity index (χ0) is 12.3. The van der Waals surface area contributed by atoms with Gasteiger partial charge in [0.25, 0.3) is 0 Å². The Morgan fingerprint density at radius 1 is 1.18 bits per heavy atom. The van der Waals surface area contributed by atoms with Gasteiger partial charge in [-0.25, -0.2) is 4.39 Å². The molecule has 2 rings (SSSR count). The first-order valence-corrected chi connectivity index (χ1v) is 6.08. The summed E-state index contributed by atoms with van der Waals surface area (Å²) < 4.78 is 19.7. The van der Waals surface area contributed by atoms with Gasteiger partial charge in [0.1, 0.15) is 6.61 Å². The van der Waals surface area contributed by atoms with E-state index in [-0.39, 0.29) is 11.6 Å². The quantitative estimate of drug-likeness (QED) is 0.811. The molecule has 0 aliphatic heterocycles. The van der Waals surface area contributed by atoms with E-state index in [2.05, 4.69) is 15.9 Å². The molecule has 0 fully saturated rings. The lowest BCUT2D eigenvalue weighted by molar-refractivity contribution is 0.289. The first kappa shape index (κ1) is 12.1. The van der Waals surface area contributed by atoms with Gasteiger partial charge in [-0.2, -0.15) is 0 Å². The number of hydrogen-bond acceptors (Lipinski definition) is 1. The first-order chi connectivity index (χ1) is 8.16. The minimum atomic E-state index is -0.354. The van der Waals surface area contributed by atoms with E-state index in [1.54, 1.807) is 12.1 Å². The van der Waals surface area contributed by atoms with Crippen molar-refractivity contribution in [2.24, 2.45) is 0 Å². The van der Waals surface area contributed by atoms with Gasteiger partial charge in [-0.05, 0) is 36.2 Å². The van der Waals surface area contributed by atoms with Gasteiger partial charge in [-0.15, -0.1) is 0 Å². The molecule has 0 aliphatic carbocycles. The molecule has 0 radical (unpaired) electrons. The molecule has 88 valence electrons. The lowest BCUT2D eigenvalue weighted by atomic mass is 10.1. The highest BCUT2D eigenvalue weighted by Gasteiger charge is 2.04. The molecule has 0 saturated carbocycles. The lowest BCUT2D eigenvalue weighted by Crippen LogP contribution is -1.99. The second kappa shape index (κ2) is 5.32. The molecule has 0 spiro atoms. The monoisotopic (exact) mass is 294 g/mol. The van der Waals surface area contributed by atoms with Crippen LogP contribution in [0, 0.1) is 12.7 Å². The summed E-state index contributed by atoms with van der Waals surface area (Å²) in [7, 11) is 0. The van der Waals surface area contributed by atoms with E-state index in [1.807, 2.05) is 31.2 Å². The third-order valence-corrected chi connectivity index (χ3v) is 3.03. The van der Waals surface area contributed by atoms with Crippen molar-refractivity contribution >= 4 is 15.9 Å². The molecule has 0 atom stereocenters. The Morgan fingerprint density at radius 2 is 1.94 bits per heavy atom. The maximum Gasteiger partial charge on any atom is 0.166 e. The molecular weight excluding hydrogens is 283 g/mol. The van der Waals surface area contributed by atoms with Crippen LogP contribution in [0.2, 0.25) is 0 Å². The Hall–Kier alpha value is -1.35. The van der Waals surface area contributed by atoms with E-state index in [1.165, 1.54) is 6.07 Å². The van der Waals surface area contributed by atoms with E-state index in [9.17, 15) is 4.39 Å². The molecule has 0 N–H and O–H groups in total. The molecule has 1 nitrogen and oxygen atoms in total. The predicted molar refractivity (Wildman–Crippen MR) is 69.6 cm³/mol. The fourth-order valence-corrected chi connectivity index (χ4v) is 1.85. The standard InChI is InChI=1S/C14H12BrFO/c1-10-4-2-3-5-11(10)9-17-14-7-6-12(15)8-13(14)16/h2-8H,9H2,1H3. The topological polar surface area (TPSA) is 9.23 Å². The van der Waals surface area contributed by atoms with Crippen LogP contribution in [0.25, 0.3) is 0 Å². The summed E-state index contributed by atoms with van der Waals surface area (Å²) in [4.78, 5) is 0. The number of halogens is 2. The number of rotatable bonds is 3.